The van der Waals surface area contributed by atoms with E-state index < -0.39 is 10.3 Å². The summed E-state index contributed by atoms with van der Waals surface area (Å²) in [6.07, 6.45) is 1.91. The highest BCUT2D eigenvalue weighted by molar-refractivity contribution is 7.84. The van der Waals surface area contributed by atoms with E-state index in [1.807, 2.05) is 42.1 Å². The summed E-state index contributed by atoms with van der Waals surface area (Å²) in [7, 11) is -2.00. The van der Waals surface area contributed by atoms with E-state index in [0.29, 0.717) is 0 Å². The standard InChI is InChI=1S/C10H12N2O3S/c1-12-6-5-8-3-2-4-9(10(8)12)7-15-16(11,13)14/h2-6H,7H2,1H3,(H2,11,13,14). The lowest BCUT2D eigenvalue weighted by molar-refractivity contribution is 0.309. The van der Waals surface area contributed by atoms with Crippen LogP contribution in [0.5, 0.6) is 0 Å². The van der Waals surface area contributed by atoms with Gasteiger partial charge in [-0.1, -0.05) is 18.2 Å². The van der Waals surface area contributed by atoms with Gasteiger partial charge in [0.1, 0.15) is 0 Å². The summed E-state index contributed by atoms with van der Waals surface area (Å²) in [5.74, 6) is 0. The number of benzene rings is 1. The highest BCUT2D eigenvalue weighted by Crippen LogP contribution is 2.20. The van der Waals surface area contributed by atoms with Gasteiger partial charge < -0.3 is 4.57 Å². The van der Waals surface area contributed by atoms with Crippen molar-refractivity contribution in [3.63, 3.8) is 0 Å². The smallest absolute Gasteiger partial charge is 0.333 e. The molecule has 0 saturated heterocycles. The molecular formula is C10H12N2O3S. The molecule has 1 aromatic carbocycles. The maximum atomic E-state index is 10.7. The van der Waals surface area contributed by atoms with Gasteiger partial charge in [-0.15, -0.1) is 0 Å². The number of hydrogen-bond acceptors (Lipinski definition) is 3. The molecule has 0 spiro atoms. The minimum absolute atomic E-state index is 0.0476. The van der Waals surface area contributed by atoms with Gasteiger partial charge in [0, 0.05) is 18.8 Å². The fourth-order valence-electron chi connectivity index (χ4n) is 1.70. The molecule has 0 aliphatic carbocycles. The molecule has 0 radical (unpaired) electrons. The normalized spacial score (nSPS) is 12.1. The third kappa shape index (κ3) is 2.24. The summed E-state index contributed by atoms with van der Waals surface area (Å²) in [6, 6.07) is 7.57. The first kappa shape index (κ1) is 11.1. The quantitative estimate of drug-likeness (QED) is 0.866. The van der Waals surface area contributed by atoms with Crippen LogP contribution in [0.4, 0.5) is 0 Å². The van der Waals surface area contributed by atoms with Crippen molar-refractivity contribution in [3.8, 4) is 0 Å². The van der Waals surface area contributed by atoms with E-state index >= 15 is 0 Å². The summed E-state index contributed by atoms with van der Waals surface area (Å²) in [4.78, 5) is 0. The van der Waals surface area contributed by atoms with Crippen LogP contribution < -0.4 is 5.14 Å². The predicted molar refractivity (Wildman–Crippen MR) is 60.8 cm³/mol. The number of fused-ring (bicyclic) bond motifs is 1. The Labute approximate surface area is 93.7 Å². The Hall–Kier alpha value is -1.37. The van der Waals surface area contributed by atoms with Gasteiger partial charge in [0.25, 0.3) is 0 Å². The zero-order valence-electron chi connectivity index (χ0n) is 8.75. The second-order valence-corrected chi connectivity index (χ2v) is 4.76. The third-order valence-electron chi connectivity index (χ3n) is 2.36. The van der Waals surface area contributed by atoms with Crippen LogP contribution >= 0.6 is 0 Å². The van der Waals surface area contributed by atoms with Gasteiger partial charge in [-0.25, -0.2) is 5.14 Å². The van der Waals surface area contributed by atoms with E-state index in [9.17, 15) is 8.42 Å². The summed E-state index contributed by atoms with van der Waals surface area (Å²) < 4.78 is 27.9. The molecule has 0 bridgehead atoms. The Kier molecular flexibility index (Phi) is 2.71. The van der Waals surface area contributed by atoms with E-state index in [-0.39, 0.29) is 6.61 Å². The maximum absolute atomic E-state index is 10.7. The molecule has 1 heterocycles. The molecule has 86 valence electrons. The lowest BCUT2D eigenvalue weighted by atomic mass is 10.1. The molecule has 2 rings (SSSR count). The van der Waals surface area contributed by atoms with Crippen LogP contribution in [-0.4, -0.2) is 13.0 Å². The fourth-order valence-corrected chi connectivity index (χ4v) is 2.00. The first-order chi connectivity index (χ1) is 7.47. The van der Waals surface area contributed by atoms with Gasteiger partial charge in [0.05, 0.1) is 12.1 Å². The van der Waals surface area contributed by atoms with Crippen LogP contribution in [-0.2, 0) is 28.1 Å². The van der Waals surface area contributed by atoms with Gasteiger partial charge in [0.2, 0.25) is 0 Å². The lowest BCUT2D eigenvalue weighted by Crippen LogP contribution is -2.15. The van der Waals surface area contributed by atoms with Gasteiger partial charge in [0.15, 0.2) is 0 Å². The maximum Gasteiger partial charge on any atom is 0.333 e. The minimum atomic E-state index is -3.90. The van der Waals surface area contributed by atoms with Crippen LogP contribution in [0.2, 0.25) is 0 Å². The van der Waals surface area contributed by atoms with Crippen LogP contribution in [0.3, 0.4) is 0 Å². The number of nitrogens with zero attached hydrogens (tertiary/aromatic N) is 1. The Morgan fingerprint density at radius 1 is 1.38 bits per heavy atom. The van der Waals surface area contributed by atoms with Crippen molar-refractivity contribution in [1.29, 1.82) is 0 Å². The predicted octanol–water partition coefficient (Wildman–Crippen LogP) is 0.898. The average molecular weight is 240 g/mol. The van der Waals surface area contributed by atoms with Crippen molar-refractivity contribution in [2.45, 2.75) is 6.61 Å². The van der Waals surface area contributed by atoms with Gasteiger partial charge >= 0.3 is 10.3 Å². The van der Waals surface area contributed by atoms with Crippen LogP contribution in [0.25, 0.3) is 10.9 Å². The Morgan fingerprint density at radius 3 is 2.81 bits per heavy atom. The SMILES string of the molecule is Cn1ccc2cccc(COS(N)(=O)=O)c21. The highest BCUT2D eigenvalue weighted by Gasteiger charge is 2.08. The molecule has 0 amide bonds. The Bertz CT molecular complexity index is 616. The van der Waals surface area contributed by atoms with Crippen LogP contribution in [0.1, 0.15) is 5.56 Å². The topological polar surface area (TPSA) is 74.3 Å². The molecule has 0 saturated carbocycles. The zero-order valence-corrected chi connectivity index (χ0v) is 9.57. The van der Waals surface area contributed by atoms with Crippen LogP contribution in [0.15, 0.2) is 30.5 Å². The van der Waals surface area contributed by atoms with E-state index in [1.165, 1.54) is 0 Å². The average Bonchev–Trinajstić information content (AvgIpc) is 2.57. The third-order valence-corrected chi connectivity index (χ3v) is 2.81. The summed E-state index contributed by atoms with van der Waals surface area (Å²) in [6.45, 7) is -0.0476. The largest absolute Gasteiger partial charge is 0.350 e. The van der Waals surface area contributed by atoms with Crippen molar-refractivity contribution in [2.24, 2.45) is 12.2 Å². The summed E-state index contributed by atoms with van der Waals surface area (Å²) in [5, 5.41) is 5.82. The molecule has 0 aliphatic heterocycles. The van der Waals surface area contributed by atoms with Crippen molar-refractivity contribution in [2.75, 3.05) is 0 Å². The Morgan fingerprint density at radius 2 is 2.12 bits per heavy atom. The van der Waals surface area contributed by atoms with Gasteiger partial charge in [-0.3, -0.25) is 4.18 Å². The summed E-state index contributed by atoms with van der Waals surface area (Å²) in [5.41, 5.74) is 1.74. The molecule has 2 N–H and O–H groups in total. The molecule has 1 aromatic heterocycles. The Balaban J connectivity index is 2.40. The number of rotatable bonds is 3. The van der Waals surface area contributed by atoms with Gasteiger partial charge in [-0.05, 0) is 11.5 Å². The number of para-hydroxylation sites is 1. The first-order valence-electron chi connectivity index (χ1n) is 4.67. The fraction of sp³-hybridized carbons (Fsp3) is 0.200. The molecule has 6 heteroatoms. The molecular weight excluding hydrogens is 228 g/mol. The van der Waals surface area contributed by atoms with E-state index in [0.717, 1.165) is 16.5 Å². The van der Waals surface area contributed by atoms with E-state index in [2.05, 4.69) is 4.18 Å². The van der Waals surface area contributed by atoms with Crippen molar-refractivity contribution >= 4 is 21.2 Å². The second kappa shape index (κ2) is 3.89. The molecule has 16 heavy (non-hydrogen) atoms. The number of aryl methyl sites for hydroxylation is 1. The van der Waals surface area contributed by atoms with Crippen LogP contribution in [0, 0.1) is 0 Å². The first-order valence-corrected chi connectivity index (χ1v) is 6.14. The molecule has 0 atom stereocenters. The van der Waals surface area contributed by atoms with E-state index in [4.69, 9.17) is 5.14 Å². The zero-order chi connectivity index (χ0) is 11.8. The molecule has 2 aromatic rings. The highest BCUT2D eigenvalue weighted by atomic mass is 32.2. The molecule has 5 nitrogen and oxygen atoms in total. The number of aromatic nitrogens is 1. The number of hydrogen-bond donors (Lipinski definition) is 1. The second-order valence-electron chi connectivity index (χ2n) is 3.54. The van der Waals surface area contributed by atoms with Gasteiger partial charge in [-0.2, -0.15) is 8.42 Å². The monoisotopic (exact) mass is 240 g/mol. The van der Waals surface area contributed by atoms with E-state index in [1.54, 1.807) is 0 Å². The molecule has 0 aliphatic rings. The van der Waals surface area contributed by atoms with Crippen molar-refractivity contribution in [3.05, 3.63) is 36.0 Å². The van der Waals surface area contributed by atoms with Crippen molar-refractivity contribution < 1.29 is 12.6 Å². The summed E-state index contributed by atoms with van der Waals surface area (Å²) >= 11 is 0. The van der Waals surface area contributed by atoms with Crippen molar-refractivity contribution in [1.82, 2.24) is 4.57 Å². The minimum Gasteiger partial charge on any atom is -0.350 e. The number of nitrogens with two attached hydrogens (primary N) is 1. The lowest BCUT2D eigenvalue weighted by Gasteiger charge is -2.05. The molecule has 0 fully saturated rings. The molecule has 0 unspecified atom stereocenters.